The number of hydrogen-bond donors (Lipinski definition) is 1. The Morgan fingerprint density at radius 3 is 2.42 bits per heavy atom. The molecule has 2 aromatic heterocycles. The van der Waals surface area contributed by atoms with Crippen LogP contribution in [0.3, 0.4) is 0 Å². The lowest BCUT2D eigenvalue weighted by atomic mass is 9.97. The summed E-state index contributed by atoms with van der Waals surface area (Å²) < 4.78 is 30.1. The van der Waals surface area contributed by atoms with Crippen molar-refractivity contribution in [2.75, 3.05) is 42.2 Å². The molecule has 2 aliphatic heterocycles. The van der Waals surface area contributed by atoms with Gasteiger partial charge in [0.1, 0.15) is 17.6 Å². The number of piperidine rings is 2. The average Bonchev–Trinajstić information content (AvgIpc) is 3.38. The quantitative estimate of drug-likeness (QED) is 0.434. The number of amides is 1. The van der Waals surface area contributed by atoms with E-state index < -0.39 is 21.1 Å². The molecule has 10 heteroatoms. The van der Waals surface area contributed by atoms with E-state index in [1.165, 1.54) is 18.2 Å². The van der Waals surface area contributed by atoms with Crippen LogP contribution in [0.15, 0.2) is 47.1 Å². The van der Waals surface area contributed by atoms with Crippen molar-refractivity contribution < 1.29 is 17.6 Å². The molecule has 4 heterocycles. The predicted octanol–water partition coefficient (Wildman–Crippen LogP) is 4.14. The van der Waals surface area contributed by atoms with Gasteiger partial charge in [0.05, 0.1) is 11.7 Å². The highest BCUT2D eigenvalue weighted by atomic mass is 32.2. The zero-order valence-electron chi connectivity index (χ0n) is 23.6. The summed E-state index contributed by atoms with van der Waals surface area (Å²) in [5.41, 5.74) is 4.03. The van der Waals surface area contributed by atoms with Gasteiger partial charge >= 0.3 is 0 Å². The van der Waals surface area contributed by atoms with Crippen molar-refractivity contribution >= 4 is 27.4 Å². The van der Waals surface area contributed by atoms with Crippen molar-refractivity contribution in [1.29, 1.82) is 0 Å². The van der Waals surface area contributed by atoms with Gasteiger partial charge in [0.25, 0.3) is 0 Å². The Balaban J connectivity index is 1.33. The molecular formula is C30H39N5O4S. The molecule has 3 aromatic rings. The molecule has 2 saturated heterocycles. The fourth-order valence-corrected chi connectivity index (χ4v) is 6.73. The van der Waals surface area contributed by atoms with Gasteiger partial charge in [-0.1, -0.05) is 12.1 Å². The normalized spacial score (nSPS) is 18.9. The van der Waals surface area contributed by atoms with E-state index in [0.717, 1.165) is 49.4 Å². The molecule has 1 N–H and O–H groups in total. The Bertz CT molecular complexity index is 1430. The van der Waals surface area contributed by atoms with E-state index in [-0.39, 0.29) is 12.3 Å². The van der Waals surface area contributed by atoms with Crippen molar-refractivity contribution in [2.24, 2.45) is 0 Å². The van der Waals surface area contributed by atoms with E-state index in [4.69, 9.17) is 4.42 Å². The number of nitrogens with one attached hydrogen (secondary N) is 1. The third kappa shape index (κ3) is 6.66. The number of aryl methyl sites for hydroxylation is 2. The van der Waals surface area contributed by atoms with Crippen LogP contribution in [-0.4, -0.2) is 62.0 Å². The number of carbonyl (C=O) groups is 1. The number of nitrogens with zero attached hydrogens (tertiary/aromatic N) is 4. The smallest absolute Gasteiger partial charge is 0.225 e. The summed E-state index contributed by atoms with van der Waals surface area (Å²) in [5, 5.41) is 2.81. The summed E-state index contributed by atoms with van der Waals surface area (Å²) in [6.07, 6.45) is 9.71. The maximum atomic E-state index is 13.4. The first kappa shape index (κ1) is 28.1. The molecule has 0 aliphatic carbocycles. The van der Waals surface area contributed by atoms with Gasteiger partial charge in [-0.15, -0.1) is 0 Å². The highest BCUT2D eigenvalue weighted by Crippen LogP contribution is 2.34. The van der Waals surface area contributed by atoms with Crippen LogP contribution >= 0.6 is 0 Å². The lowest BCUT2D eigenvalue weighted by molar-refractivity contribution is -0.121. The number of benzene rings is 1. The summed E-state index contributed by atoms with van der Waals surface area (Å²) in [6, 6.07) is 9.81. The highest BCUT2D eigenvalue weighted by Gasteiger charge is 2.29. The number of anilines is 2. The summed E-state index contributed by atoms with van der Waals surface area (Å²) in [7, 11) is -3.12. The van der Waals surface area contributed by atoms with E-state index in [0.29, 0.717) is 36.8 Å². The Labute approximate surface area is 236 Å². The van der Waals surface area contributed by atoms with Crippen LogP contribution in [0, 0.1) is 13.8 Å². The maximum absolute atomic E-state index is 13.4. The molecule has 1 aromatic carbocycles. The van der Waals surface area contributed by atoms with Gasteiger partial charge in [-0.05, 0) is 75.3 Å². The van der Waals surface area contributed by atoms with Crippen molar-refractivity contribution in [2.45, 2.75) is 63.7 Å². The Morgan fingerprint density at radius 1 is 1.02 bits per heavy atom. The molecule has 1 amide bonds. The molecule has 9 nitrogen and oxygen atoms in total. The van der Waals surface area contributed by atoms with Gasteiger partial charge in [-0.25, -0.2) is 18.4 Å². The number of carbonyl (C=O) groups excluding carboxylic acids is 1. The first-order valence-electron chi connectivity index (χ1n) is 14.1. The number of sulfone groups is 1. The molecular weight excluding hydrogens is 526 g/mol. The highest BCUT2D eigenvalue weighted by molar-refractivity contribution is 7.91. The number of rotatable bonds is 8. The van der Waals surface area contributed by atoms with Gasteiger partial charge in [0.15, 0.2) is 9.84 Å². The average molecular weight is 566 g/mol. The fourth-order valence-electron chi connectivity index (χ4n) is 5.69. The Kier molecular flexibility index (Phi) is 8.44. The second-order valence-corrected chi connectivity index (χ2v) is 13.5. The minimum absolute atomic E-state index is 0.118. The predicted molar refractivity (Wildman–Crippen MR) is 156 cm³/mol. The number of furan rings is 1. The van der Waals surface area contributed by atoms with Crippen LogP contribution in [0.1, 0.15) is 66.4 Å². The van der Waals surface area contributed by atoms with Crippen LogP contribution in [0.5, 0.6) is 0 Å². The van der Waals surface area contributed by atoms with Crippen molar-refractivity contribution in [3.63, 3.8) is 0 Å². The van der Waals surface area contributed by atoms with E-state index in [1.807, 2.05) is 24.0 Å². The lowest BCUT2D eigenvalue weighted by Crippen LogP contribution is -2.42. The largest absolute Gasteiger partial charge is 0.464 e. The van der Waals surface area contributed by atoms with Gasteiger partial charge in [0.2, 0.25) is 11.9 Å². The van der Waals surface area contributed by atoms with E-state index >= 15 is 0 Å². The Hall–Kier alpha value is -3.40. The minimum atomic E-state index is -3.12. The minimum Gasteiger partial charge on any atom is -0.464 e. The third-order valence-corrected chi connectivity index (χ3v) is 9.46. The Morgan fingerprint density at radius 2 is 1.75 bits per heavy atom. The molecule has 2 aliphatic rings. The van der Waals surface area contributed by atoms with Crippen LogP contribution in [0.25, 0.3) is 0 Å². The van der Waals surface area contributed by atoms with Crippen LogP contribution in [-0.2, 0) is 21.1 Å². The first-order chi connectivity index (χ1) is 19.2. The van der Waals surface area contributed by atoms with Gasteiger partial charge in [-0.3, -0.25) is 4.79 Å². The molecule has 0 spiro atoms. The van der Waals surface area contributed by atoms with Gasteiger partial charge < -0.3 is 19.5 Å². The van der Waals surface area contributed by atoms with Gasteiger partial charge in [-0.2, -0.15) is 0 Å². The van der Waals surface area contributed by atoms with E-state index in [1.54, 1.807) is 12.4 Å². The maximum Gasteiger partial charge on any atom is 0.225 e. The van der Waals surface area contributed by atoms with Gasteiger partial charge in [0, 0.05) is 56.1 Å². The molecule has 0 bridgehead atoms. The molecule has 2 atom stereocenters. The number of hydrogen-bond acceptors (Lipinski definition) is 8. The van der Waals surface area contributed by atoms with E-state index in [2.05, 4.69) is 45.3 Å². The topological polar surface area (TPSA) is 109 Å². The molecule has 40 heavy (non-hydrogen) atoms. The van der Waals surface area contributed by atoms with Crippen molar-refractivity contribution in [1.82, 2.24) is 15.3 Å². The van der Waals surface area contributed by atoms with Crippen molar-refractivity contribution in [3.8, 4) is 0 Å². The molecule has 214 valence electrons. The fraction of sp³-hybridized carbons (Fsp3) is 0.500. The molecule has 0 radical (unpaired) electrons. The third-order valence-electron chi connectivity index (χ3n) is 7.87. The molecule has 0 saturated carbocycles. The monoisotopic (exact) mass is 565 g/mol. The second-order valence-electron chi connectivity index (χ2n) is 11.2. The standard InChI is InChI=1S/C30H39N5O4S/c1-21-9-11-25(26(16-21)34-13-5-4-6-14-34)29(27-12-10-22(2)39-27)33-28(36)17-23-18-31-30(32-19-23)35-15-7-8-24(20-35)40(3,37)38/h9-12,16,18-19,24,29H,4-8,13-15,17,20H2,1-3H3,(H,33,36). The second kappa shape index (κ2) is 12.0. The summed E-state index contributed by atoms with van der Waals surface area (Å²) in [5.74, 6) is 1.83. The summed E-state index contributed by atoms with van der Waals surface area (Å²) >= 11 is 0. The first-order valence-corrected chi connectivity index (χ1v) is 16.1. The number of aromatic nitrogens is 2. The molecule has 2 unspecified atom stereocenters. The molecule has 2 fully saturated rings. The van der Waals surface area contributed by atoms with Crippen LogP contribution in [0.4, 0.5) is 11.6 Å². The molecule has 5 rings (SSSR count). The van der Waals surface area contributed by atoms with Crippen LogP contribution < -0.4 is 15.1 Å². The van der Waals surface area contributed by atoms with Crippen LogP contribution in [0.2, 0.25) is 0 Å². The zero-order chi connectivity index (χ0) is 28.3. The summed E-state index contributed by atoms with van der Waals surface area (Å²) in [6.45, 7) is 7.10. The SMILES string of the molecule is Cc1ccc(C(NC(=O)Cc2cnc(N3CCCC(S(C)(=O)=O)C3)nc2)c2ccc(C)o2)c(N2CCCCC2)c1. The zero-order valence-corrected chi connectivity index (χ0v) is 24.4. The van der Waals surface area contributed by atoms with Crippen molar-refractivity contribution in [3.05, 3.63) is 70.9 Å². The summed E-state index contributed by atoms with van der Waals surface area (Å²) in [4.78, 5) is 26.6. The van der Waals surface area contributed by atoms with E-state index in [9.17, 15) is 13.2 Å². The lowest BCUT2D eigenvalue weighted by Gasteiger charge is -2.33.